The molecule has 5 heavy (non-hydrogen) atoms. The third-order valence-electron chi connectivity index (χ3n) is 0.254. The van der Waals surface area contributed by atoms with Crippen molar-refractivity contribution >= 4 is 0 Å². The van der Waals surface area contributed by atoms with E-state index in [1.807, 2.05) is 0 Å². The topological polar surface area (TPSA) is 71.3 Å². The first kappa shape index (κ1) is 3.05. The van der Waals surface area contributed by atoms with E-state index in [1.165, 1.54) is 0 Å². The largest absolute Gasteiger partial charge is 0.400 e. The van der Waals surface area contributed by atoms with Crippen molar-refractivity contribution in [1.29, 1.82) is 0 Å². The van der Waals surface area contributed by atoms with Crippen molar-refractivity contribution in [3.8, 4) is 0 Å². The molecule has 1 rings (SSSR count). The fourth-order valence-electron chi connectivity index (χ4n) is 0.0427. The Labute approximate surface area is 28.0 Å². The van der Waals surface area contributed by atoms with Crippen molar-refractivity contribution < 1.29 is 14.9 Å². The molecule has 3 N–H and O–H groups in total. The highest BCUT2D eigenvalue weighted by atomic mass is 17.4. The number of nitrogens with two attached hydrogens (primary N) is 1. The maximum Gasteiger partial charge on any atom is 0.400 e. The van der Waals surface area contributed by atoms with Gasteiger partial charge in [-0.05, 0) is 0 Å². The van der Waals surface area contributed by atoms with Gasteiger partial charge in [-0.25, -0.2) is 5.73 Å². The maximum atomic E-state index is 7.97. The molecule has 0 aromatic carbocycles. The lowest BCUT2D eigenvalue weighted by molar-refractivity contribution is 0.0375. The van der Waals surface area contributed by atoms with Gasteiger partial charge in [-0.15, -0.1) is 9.78 Å². The van der Waals surface area contributed by atoms with Gasteiger partial charge in [-0.3, -0.25) is 0 Å². The molecule has 1 heterocycles. The Kier molecular flexibility index (Phi) is 0.307. The van der Waals surface area contributed by atoms with Gasteiger partial charge in [0.2, 0.25) is 0 Å². The summed E-state index contributed by atoms with van der Waals surface area (Å²) >= 11 is 0. The molecule has 0 radical (unpaired) electrons. The van der Waals surface area contributed by atoms with Crippen LogP contribution in [0.5, 0.6) is 0 Å². The molecule has 0 unspecified atom stereocenters. The third kappa shape index (κ3) is 0.555. The second-order valence-electron chi connectivity index (χ2n) is 0.797. The molecule has 1 fully saturated rings. The van der Waals surface area contributed by atoms with Crippen molar-refractivity contribution in [2.24, 2.45) is 5.73 Å². The molecule has 0 atom stereocenters. The molecule has 0 saturated carbocycles. The average Bonchev–Trinajstić information content (AvgIpc) is 1.76. The van der Waals surface area contributed by atoms with Crippen LogP contribution in [-0.2, 0) is 9.78 Å². The first-order valence-electron chi connectivity index (χ1n) is 1.09. The van der Waals surface area contributed by atoms with E-state index < -0.39 is 6.10 Å². The summed E-state index contributed by atoms with van der Waals surface area (Å²) < 4.78 is 0. The highest BCUT2D eigenvalue weighted by Crippen LogP contribution is 2.16. The standard InChI is InChI=1S/CH3NO3/c2-1(3)4-5-1/h3H,2H2. The fourth-order valence-corrected chi connectivity index (χ4v) is 0.0427. The molecule has 0 aromatic heterocycles. The van der Waals surface area contributed by atoms with Crippen LogP contribution in [-0.4, -0.2) is 11.2 Å². The van der Waals surface area contributed by atoms with Crippen LogP contribution in [0.2, 0.25) is 0 Å². The van der Waals surface area contributed by atoms with Crippen LogP contribution in [0.3, 0.4) is 0 Å². The second kappa shape index (κ2) is 0.504. The van der Waals surface area contributed by atoms with Gasteiger partial charge in [-0.2, -0.15) is 0 Å². The van der Waals surface area contributed by atoms with Crippen molar-refractivity contribution in [1.82, 2.24) is 0 Å². The van der Waals surface area contributed by atoms with Gasteiger partial charge in [0.15, 0.2) is 0 Å². The van der Waals surface area contributed by atoms with Gasteiger partial charge in [0, 0.05) is 0 Å². The maximum absolute atomic E-state index is 7.97. The molecule has 0 bridgehead atoms. The van der Waals surface area contributed by atoms with Crippen LogP contribution in [0, 0.1) is 0 Å². The SMILES string of the molecule is NC1(O)OO1. The summed E-state index contributed by atoms with van der Waals surface area (Å²) in [6.45, 7) is 0. The van der Waals surface area contributed by atoms with Crippen molar-refractivity contribution in [3.05, 3.63) is 0 Å². The van der Waals surface area contributed by atoms with Gasteiger partial charge in [0.05, 0.1) is 0 Å². The minimum absolute atomic E-state index is 1.75. The average molecular weight is 77.0 g/mol. The van der Waals surface area contributed by atoms with Gasteiger partial charge in [0.1, 0.15) is 0 Å². The third-order valence-corrected chi connectivity index (χ3v) is 0.254. The predicted molar refractivity (Wildman–Crippen MR) is 11.3 cm³/mol. The van der Waals surface area contributed by atoms with Crippen molar-refractivity contribution in [2.75, 3.05) is 0 Å². The van der Waals surface area contributed by atoms with E-state index in [4.69, 9.17) is 5.11 Å². The lowest BCUT2D eigenvalue weighted by atomic mass is 11.1. The summed E-state index contributed by atoms with van der Waals surface area (Å²) in [5, 5.41) is 7.97. The highest BCUT2D eigenvalue weighted by Gasteiger charge is 2.42. The Morgan fingerprint density at radius 1 is 1.60 bits per heavy atom. The molecule has 1 saturated heterocycles. The summed E-state index contributed by atoms with van der Waals surface area (Å²) in [6, 6.07) is 0. The van der Waals surface area contributed by atoms with E-state index in [0.29, 0.717) is 0 Å². The van der Waals surface area contributed by atoms with E-state index in [2.05, 4.69) is 15.5 Å². The molecule has 4 heteroatoms. The summed E-state index contributed by atoms with van der Waals surface area (Å²) in [5.74, 6) is 0. The van der Waals surface area contributed by atoms with Crippen LogP contribution < -0.4 is 5.73 Å². The monoisotopic (exact) mass is 77.0 g/mol. The van der Waals surface area contributed by atoms with E-state index >= 15 is 0 Å². The quantitative estimate of drug-likeness (QED) is 0.210. The Bertz CT molecular complexity index is 44.9. The molecular weight excluding hydrogens is 74.0 g/mol. The van der Waals surface area contributed by atoms with E-state index in [-0.39, 0.29) is 0 Å². The molecule has 0 spiro atoms. The summed E-state index contributed by atoms with van der Waals surface area (Å²) in [6.07, 6.45) is -1.75. The summed E-state index contributed by atoms with van der Waals surface area (Å²) in [7, 11) is 0. The van der Waals surface area contributed by atoms with Gasteiger partial charge < -0.3 is 5.11 Å². The lowest BCUT2D eigenvalue weighted by Gasteiger charge is -1.74. The minimum Gasteiger partial charge on any atom is -0.327 e. The minimum atomic E-state index is -1.75. The normalized spacial score (nSPS) is 30.0. The van der Waals surface area contributed by atoms with Crippen LogP contribution in [0.25, 0.3) is 0 Å². The lowest BCUT2D eigenvalue weighted by Crippen LogP contribution is -2.21. The van der Waals surface area contributed by atoms with Gasteiger partial charge >= 0.3 is 6.10 Å². The van der Waals surface area contributed by atoms with Gasteiger partial charge in [-0.1, -0.05) is 0 Å². The van der Waals surface area contributed by atoms with Crippen LogP contribution in [0.15, 0.2) is 0 Å². The molecule has 0 aliphatic carbocycles. The zero-order chi connectivity index (χ0) is 3.91. The Hall–Kier alpha value is -0.160. The summed E-state index contributed by atoms with van der Waals surface area (Å²) in [4.78, 5) is 7.46. The van der Waals surface area contributed by atoms with Crippen LogP contribution in [0.4, 0.5) is 0 Å². The summed E-state index contributed by atoms with van der Waals surface area (Å²) in [5.41, 5.74) is 4.58. The number of rotatable bonds is 0. The van der Waals surface area contributed by atoms with Crippen LogP contribution in [0.1, 0.15) is 0 Å². The van der Waals surface area contributed by atoms with E-state index in [9.17, 15) is 0 Å². The Balaban J connectivity index is 2.38. The Morgan fingerprint density at radius 2 is 1.80 bits per heavy atom. The molecule has 1 aliphatic rings. The first-order valence-corrected chi connectivity index (χ1v) is 1.09. The first-order chi connectivity index (χ1) is 2.21. The number of hydrogen-bond acceptors (Lipinski definition) is 4. The Morgan fingerprint density at radius 3 is 1.80 bits per heavy atom. The van der Waals surface area contributed by atoms with Gasteiger partial charge in [0.25, 0.3) is 0 Å². The molecule has 30 valence electrons. The zero-order valence-electron chi connectivity index (χ0n) is 2.34. The van der Waals surface area contributed by atoms with E-state index in [0.717, 1.165) is 0 Å². The van der Waals surface area contributed by atoms with Crippen molar-refractivity contribution in [3.63, 3.8) is 0 Å². The zero-order valence-corrected chi connectivity index (χ0v) is 2.34. The van der Waals surface area contributed by atoms with E-state index in [1.54, 1.807) is 0 Å². The molecule has 0 aromatic rings. The molecule has 0 amide bonds. The van der Waals surface area contributed by atoms with Crippen LogP contribution >= 0.6 is 0 Å². The molecule has 1 aliphatic heterocycles. The predicted octanol–water partition coefficient (Wildman–Crippen LogP) is -1.49. The second-order valence-corrected chi connectivity index (χ2v) is 0.797. The molecular formula is CH3NO3. The number of aliphatic hydroxyl groups is 1. The highest BCUT2D eigenvalue weighted by molar-refractivity contribution is 4.37. The molecule has 4 nitrogen and oxygen atoms in total. The smallest absolute Gasteiger partial charge is 0.327 e. The number of hydrogen-bond donors (Lipinski definition) is 2. The van der Waals surface area contributed by atoms with Crippen molar-refractivity contribution in [2.45, 2.75) is 6.10 Å². The fraction of sp³-hybridized carbons (Fsp3) is 1.00.